The van der Waals surface area contributed by atoms with Crippen molar-refractivity contribution in [2.45, 2.75) is 0 Å². The zero-order chi connectivity index (χ0) is 11.5. The quantitative estimate of drug-likeness (QED) is 0.784. The van der Waals surface area contributed by atoms with Gasteiger partial charge < -0.3 is 16.2 Å². The lowest BCUT2D eigenvalue weighted by Crippen LogP contribution is -1.89. The number of hydrogen-bond acceptors (Lipinski definition) is 3. The third-order valence-corrected chi connectivity index (χ3v) is 2.42. The van der Waals surface area contributed by atoms with Crippen molar-refractivity contribution in [2.24, 2.45) is 0 Å². The zero-order valence-corrected chi connectivity index (χ0v) is 9.24. The van der Waals surface area contributed by atoms with Gasteiger partial charge in [0.1, 0.15) is 11.5 Å². The molecule has 0 fully saturated rings. The Morgan fingerprint density at radius 2 is 1.50 bits per heavy atom. The third kappa shape index (κ3) is 2.38. The molecule has 0 bridgehead atoms. The topological polar surface area (TPSA) is 61.3 Å². The maximum absolute atomic E-state index is 5.88. The summed E-state index contributed by atoms with van der Waals surface area (Å²) in [5.41, 5.74) is 12.4. The normalized spacial score (nSPS) is 10.1. The Bertz CT molecular complexity index is 497. The first-order valence-electron chi connectivity index (χ1n) is 4.73. The average molecular weight is 235 g/mol. The van der Waals surface area contributed by atoms with E-state index in [4.69, 9.17) is 27.8 Å². The van der Waals surface area contributed by atoms with Gasteiger partial charge in [-0.1, -0.05) is 11.6 Å². The smallest absolute Gasteiger partial charge is 0.129 e. The summed E-state index contributed by atoms with van der Waals surface area (Å²) < 4.78 is 5.57. The summed E-state index contributed by atoms with van der Waals surface area (Å²) in [6.07, 6.45) is 0. The lowest BCUT2D eigenvalue weighted by Gasteiger charge is -2.07. The van der Waals surface area contributed by atoms with Crippen molar-refractivity contribution < 1.29 is 4.74 Å². The van der Waals surface area contributed by atoms with Crippen molar-refractivity contribution in [3.8, 4) is 11.5 Å². The predicted octanol–water partition coefficient (Wildman–Crippen LogP) is 3.30. The van der Waals surface area contributed by atoms with Crippen LogP contribution >= 0.6 is 11.6 Å². The molecule has 0 unspecified atom stereocenters. The maximum atomic E-state index is 5.88. The van der Waals surface area contributed by atoms with Gasteiger partial charge in [-0.05, 0) is 36.4 Å². The Balaban J connectivity index is 2.20. The number of nitrogens with two attached hydrogens (primary N) is 2. The zero-order valence-electron chi connectivity index (χ0n) is 8.48. The highest BCUT2D eigenvalue weighted by Crippen LogP contribution is 2.28. The Labute approximate surface area is 98.6 Å². The molecule has 4 heteroatoms. The number of anilines is 2. The number of benzene rings is 2. The minimum atomic E-state index is 0.480. The fraction of sp³-hybridized carbons (Fsp3) is 0. The van der Waals surface area contributed by atoms with Gasteiger partial charge in [0.15, 0.2) is 0 Å². The Hall–Kier alpha value is -1.87. The largest absolute Gasteiger partial charge is 0.457 e. The minimum Gasteiger partial charge on any atom is -0.457 e. The number of rotatable bonds is 2. The molecule has 0 saturated heterocycles. The summed E-state index contributed by atoms with van der Waals surface area (Å²) in [4.78, 5) is 0. The summed E-state index contributed by atoms with van der Waals surface area (Å²) in [5, 5.41) is 0.480. The van der Waals surface area contributed by atoms with Crippen molar-refractivity contribution in [2.75, 3.05) is 11.5 Å². The number of nitrogen functional groups attached to an aromatic ring is 2. The molecule has 0 aliphatic heterocycles. The molecule has 0 saturated carbocycles. The highest BCUT2D eigenvalue weighted by atomic mass is 35.5. The minimum absolute atomic E-state index is 0.480. The summed E-state index contributed by atoms with van der Waals surface area (Å²) in [6, 6.07) is 12.3. The number of hydrogen-bond donors (Lipinski definition) is 2. The van der Waals surface area contributed by atoms with Gasteiger partial charge in [0.2, 0.25) is 0 Å². The van der Waals surface area contributed by atoms with E-state index in [9.17, 15) is 0 Å². The van der Waals surface area contributed by atoms with Gasteiger partial charge in [-0.3, -0.25) is 0 Å². The summed E-state index contributed by atoms with van der Waals surface area (Å²) >= 11 is 5.88. The van der Waals surface area contributed by atoms with Crippen molar-refractivity contribution in [1.29, 1.82) is 0 Å². The molecule has 2 aromatic rings. The Kier molecular flexibility index (Phi) is 2.88. The number of halogens is 1. The fourth-order valence-electron chi connectivity index (χ4n) is 1.24. The second-order valence-electron chi connectivity index (χ2n) is 3.35. The van der Waals surface area contributed by atoms with Crippen LogP contribution in [-0.2, 0) is 0 Å². The fourth-order valence-corrected chi connectivity index (χ4v) is 1.41. The molecule has 0 atom stereocenters. The first-order chi connectivity index (χ1) is 7.65. The van der Waals surface area contributed by atoms with E-state index in [1.165, 1.54) is 0 Å². The predicted molar refractivity (Wildman–Crippen MR) is 66.8 cm³/mol. The van der Waals surface area contributed by atoms with Crippen LogP contribution < -0.4 is 16.2 Å². The van der Waals surface area contributed by atoms with Gasteiger partial charge in [-0.15, -0.1) is 0 Å². The van der Waals surface area contributed by atoms with Crippen molar-refractivity contribution >= 4 is 23.0 Å². The molecule has 2 rings (SSSR count). The van der Waals surface area contributed by atoms with Gasteiger partial charge >= 0.3 is 0 Å². The van der Waals surface area contributed by atoms with E-state index in [0.717, 1.165) is 0 Å². The van der Waals surface area contributed by atoms with E-state index in [1.54, 1.807) is 42.5 Å². The van der Waals surface area contributed by atoms with Crippen LogP contribution in [0.3, 0.4) is 0 Å². The summed E-state index contributed by atoms with van der Waals surface area (Å²) in [6.45, 7) is 0. The molecular formula is C12H11ClN2O. The van der Waals surface area contributed by atoms with Crippen LogP contribution in [-0.4, -0.2) is 0 Å². The molecule has 0 amide bonds. The first-order valence-corrected chi connectivity index (χ1v) is 5.11. The highest BCUT2D eigenvalue weighted by molar-refractivity contribution is 6.33. The van der Waals surface area contributed by atoms with Crippen LogP contribution in [0.15, 0.2) is 42.5 Å². The molecule has 0 aliphatic rings. The molecule has 16 heavy (non-hydrogen) atoms. The molecule has 3 nitrogen and oxygen atoms in total. The van der Waals surface area contributed by atoms with Gasteiger partial charge in [-0.2, -0.15) is 0 Å². The Morgan fingerprint density at radius 3 is 2.12 bits per heavy atom. The van der Waals surface area contributed by atoms with Crippen LogP contribution in [0.2, 0.25) is 5.02 Å². The molecular weight excluding hydrogens is 224 g/mol. The molecule has 0 heterocycles. The lowest BCUT2D eigenvalue weighted by molar-refractivity contribution is 0.483. The second-order valence-corrected chi connectivity index (χ2v) is 3.76. The number of ether oxygens (including phenoxy) is 1. The van der Waals surface area contributed by atoms with Crippen LogP contribution in [0.5, 0.6) is 11.5 Å². The maximum Gasteiger partial charge on any atom is 0.129 e. The lowest BCUT2D eigenvalue weighted by atomic mass is 10.3. The van der Waals surface area contributed by atoms with Crippen LogP contribution in [0.25, 0.3) is 0 Å². The summed E-state index contributed by atoms with van der Waals surface area (Å²) in [5.74, 6) is 1.35. The molecule has 0 aromatic heterocycles. The van der Waals surface area contributed by atoms with E-state index in [-0.39, 0.29) is 0 Å². The van der Waals surface area contributed by atoms with Gasteiger partial charge in [0.05, 0.1) is 10.7 Å². The van der Waals surface area contributed by atoms with E-state index in [1.807, 2.05) is 0 Å². The van der Waals surface area contributed by atoms with E-state index in [0.29, 0.717) is 27.9 Å². The third-order valence-electron chi connectivity index (χ3n) is 2.09. The van der Waals surface area contributed by atoms with Gasteiger partial charge in [-0.25, -0.2) is 0 Å². The van der Waals surface area contributed by atoms with Crippen LogP contribution in [0.4, 0.5) is 11.4 Å². The van der Waals surface area contributed by atoms with Gasteiger partial charge in [0, 0.05) is 11.8 Å². The van der Waals surface area contributed by atoms with E-state index in [2.05, 4.69) is 0 Å². The van der Waals surface area contributed by atoms with E-state index >= 15 is 0 Å². The van der Waals surface area contributed by atoms with Gasteiger partial charge in [0.25, 0.3) is 0 Å². The highest BCUT2D eigenvalue weighted by Gasteiger charge is 2.00. The SMILES string of the molecule is Nc1ccc(Oc2ccc(N)c(Cl)c2)cc1. The van der Waals surface area contributed by atoms with Crippen molar-refractivity contribution in [1.82, 2.24) is 0 Å². The summed E-state index contributed by atoms with van der Waals surface area (Å²) in [7, 11) is 0. The molecule has 0 radical (unpaired) electrons. The van der Waals surface area contributed by atoms with Crippen molar-refractivity contribution in [3.63, 3.8) is 0 Å². The first kappa shape index (κ1) is 10.6. The van der Waals surface area contributed by atoms with Crippen LogP contribution in [0.1, 0.15) is 0 Å². The second kappa shape index (κ2) is 4.33. The van der Waals surface area contributed by atoms with Crippen molar-refractivity contribution in [3.05, 3.63) is 47.5 Å². The van der Waals surface area contributed by atoms with Crippen LogP contribution in [0, 0.1) is 0 Å². The standard InChI is InChI=1S/C12H11ClN2O/c13-11-7-10(5-6-12(11)15)16-9-3-1-8(14)2-4-9/h1-7H,14-15H2. The molecule has 4 N–H and O–H groups in total. The molecule has 2 aromatic carbocycles. The molecule has 0 spiro atoms. The molecule has 82 valence electrons. The Morgan fingerprint density at radius 1 is 0.875 bits per heavy atom. The monoisotopic (exact) mass is 234 g/mol. The average Bonchev–Trinajstić information content (AvgIpc) is 2.27. The van der Waals surface area contributed by atoms with E-state index < -0.39 is 0 Å². The molecule has 0 aliphatic carbocycles.